The van der Waals surface area contributed by atoms with Crippen LogP contribution in [0.1, 0.15) is 102 Å². The second kappa shape index (κ2) is 27.7. The van der Waals surface area contributed by atoms with E-state index in [-0.39, 0.29) is 25.7 Å². The van der Waals surface area contributed by atoms with Crippen molar-refractivity contribution < 1.29 is 70.2 Å². The Bertz CT molecular complexity index is 3240. The third kappa shape index (κ3) is 16.1. The van der Waals surface area contributed by atoms with E-state index in [2.05, 4.69) is 171 Å². The Morgan fingerprint density at radius 1 is 0.597 bits per heavy atom. The van der Waals surface area contributed by atoms with E-state index in [9.17, 15) is 56.0 Å². The summed E-state index contributed by atoms with van der Waals surface area (Å²) in [4.78, 5) is 37.6. The molecule has 2 aromatic carbocycles. The highest BCUT2D eigenvalue weighted by Gasteiger charge is 2.50. The highest BCUT2D eigenvalue weighted by atomic mass is 127. The van der Waals surface area contributed by atoms with E-state index in [1.165, 1.54) is 24.3 Å². The number of aromatic hydroxyl groups is 4. The lowest BCUT2D eigenvalue weighted by molar-refractivity contribution is -0.437. The number of hydrogen-bond donors (Lipinski definition) is 6. The summed E-state index contributed by atoms with van der Waals surface area (Å²) in [5.74, 6) is -3.65. The van der Waals surface area contributed by atoms with E-state index < -0.39 is 78.0 Å². The van der Waals surface area contributed by atoms with Crippen molar-refractivity contribution in [3.8, 4) is 23.5 Å². The summed E-state index contributed by atoms with van der Waals surface area (Å²) in [5, 5.41) is 39.6. The number of benzene rings is 2. The summed E-state index contributed by atoms with van der Waals surface area (Å²) in [7, 11) is -8.45. The van der Waals surface area contributed by atoms with Crippen LogP contribution in [0.15, 0.2) is 84.6 Å². The van der Waals surface area contributed by atoms with Crippen LogP contribution in [0.2, 0.25) is 0 Å². The van der Waals surface area contributed by atoms with Gasteiger partial charge >= 0.3 is 11.9 Å². The molecule has 6 N–H and O–H groups in total. The molecule has 0 fully saturated rings. The summed E-state index contributed by atoms with van der Waals surface area (Å²) in [6.45, 7) is 4.96. The Kier molecular flexibility index (Phi) is 23.0. The molecule has 2 aliphatic rings. The average molecular weight is 1780 g/mol. The van der Waals surface area contributed by atoms with Gasteiger partial charge in [0.2, 0.25) is 29.2 Å². The minimum Gasteiger partial charge on any atom is -0.492 e. The van der Waals surface area contributed by atoms with E-state index in [0.29, 0.717) is 73.9 Å². The van der Waals surface area contributed by atoms with Crippen LogP contribution in [0.3, 0.4) is 0 Å². The molecule has 2 unspecified atom stereocenters. The monoisotopic (exact) mass is 1770 g/mol. The van der Waals surface area contributed by atoms with Gasteiger partial charge in [-0.3, -0.25) is 9.11 Å². The molecule has 0 saturated heterocycles. The molecule has 4 heterocycles. The van der Waals surface area contributed by atoms with Gasteiger partial charge in [0, 0.05) is 106 Å². The largest absolute Gasteiger partial charge is 0.492 e. The molecular formula is C51H57I6N4O14S2+. The summed E-state index contributed by atoms with van der Waals surface area (Å²) in [5.41, 5.74) is 4.83. The van der Waals surface area contributed by atoms with Crippen molar-refractivity contribution in [2.75, 3.05) is 29.5 Å². The number of nitrogens with zero attached hydrogens (tertiary/aromatic N) is 4. The zero-order valence-electron chi connectivity index (χ0n) is 41.6. The summed E-state index contributed by atoms with van der Waals surface area (Å²) in [6.07, 6.45) is 19.1. The molecule has 0 amide bonds. The van der Waals surface area contributed by atoms with Gasteiger partial charge in [0.1, 0.15) is 6.54 Å². The zero-order valence-corrected chi connectivity index (χ0v) is 56.2. The molecule has 77 heavy (non-hydrogen) atoms. The van der Waals surface area contributed by atoms with Gasteiger partial charge in [-0.2, -0.15) is 21.4 Å². The Morgan fingerprint density at radius 2 is 1.06 bits per heavy atom. The molecule has 0 radical (unpaired) electrons. The lowest BCUT2D eigenvalue weighted by Gasteiger charge is -2.31. The summed E-state index contributed by atoms with van der Waals surface area (Å²) >= 11 is 14.1. The van der Waals surface area contributed by atoms with E-state index in [4.69, 9.17) is 9.68 Å². The van der Waals surface area contributed by atoms with Crippen LogP contribution >= 0.6 is 136 Å². The predicted octanol–water partition coefficient (Wildman–Crippen LogP) is 11.2. The molecule has 26 heteroatoms. The Balaban J connectivity index is 1.26. The van der Waals surface area contributed by atoms with Gasteiger partial charge in [-0.15, -0.1) is 9.46 Å². The predicted molar refractivity (Wildman–Crippen MR) is 343 cm³/mol. The van der Waals surface area contributed by atoms with Crippen molar-refractivity contribution in [3.05, 3.63) is 117 Å². The first-order chi connectivity index (χ1) is 36.2. The van der Waals surface area contributed by atoms with Crippen molar-refractivity contribution in [1.29, 1.82) is 0 Å². The highest BCUT2D eigenvalue weighted by Crippen LogP contribution is 2.54. The molecule has 18 nitrogen and oxygen atoms in total. The van der Waals surface area contributed by atoms with E-state index in [1.807, 2.05) is 42.5 Å². The first-order valence-corrected chi connectivity index (χ1v) is 33.9. The normalized spacial score (nSPS) is 18.2. The van der Waals surface area contributed by atoms with Crippen LogP contribution in [-0.2, 0) is 40.7 Å². The number of rotatable bonds is 26. The molecular weight excluding hydrogens is 1720 g/mol. The molecule has 0 aliphatic carbocycles. The van der Waals surface area contributed by atoms with Crippen LogP contribution in [-0.4, -0.2) is 103 Å². The Labute approximate surface area is 529 Å². The highest BCUT2D eigenvalue weighted by molar-refractivity contribution is 14.1. The average Bonchev–Trinajstić information content (AvgIpc) is 4.05. The first kappa shape index (κ1) is 63.9. The van der Waals surface area contributed by atoms with Crippen LogP contribution in [0.4, 0.5) is 11.4 Å². The molecule has 0 spiro atoms. The fourth-order valence-corrected chi connectivity index (χ4v) is 16.0. The van der Waals surface area contributed by atoms with Crippen LogP contribution < -0.4 is 14.6 Å². The number of aromatic nitrogens is 2. The van der Waals surface area contributed by atoms with Crippen molar-refractivity contribution >= 4 is 185 Å². The molecule has 2 aliphatic heterocycles. The number of anilines is 1. The first-order valence-electron chi connectivity index (χ1n) is 24.2. The van der Waals surface area contributed by atoms with E-state index >= 15 is 0 Å². The van der Waals surface area contributed by atoms with Crippen molar-refractivity contribution in [3.63, 3.8) is 0 Å². The maximum Gasteiger partial charge on any atom is 0.333 e. The lowest BCUT2D eigenvalue weighted by Crippen LogP contribution is -2.32. The van der Waals surface area contributed by atoms with Crippen LogP contribution in [0.25, 0.3) is 0 Å². The van der Waals surface area contributed by atoms with Gasteiger partial charge in [0.15, 0.2) is 5.71 Å². The lowest BCUT2D eigenvalue weighted by atomic mass is 9.75. The summed E-state index contributed by atoms with van der Waals surface area (Å²) in [6, 6.07) is 9.05. The molecule has 418 valence electrons. The fraction of sp³-hybridized carbons (Fsp3) is 0.392. The molecule has 6 rings (SSSR count). The molecule has 0 bridgehead atoms. The number of carbonyl (C=O) groups is 2. The number of halogens is 6. The second-order valence-corrected chi connectivity index (χ2v) is 28.6. The topological polar surface area (TPSA) is 258 Å². The Hall–Kier alpha value is -2.23. The third-order valence-electron chi connectivity index (χ3n) is 13.3. The third-order valence-corrected chi connectivity index (χ3v) is 25.1. The maximum absolute atomic E-state index is 12.6. The van der Waals surface area contributed by atoms with Crippen molar-refractivity contribution in [1.82, 2.24) is 9.46 Å². The van der Waals surface area contributed by atoms with Gasteiger partial charge < -0.3 is 35.0 Å². The van der Waals surface area contributed by atoms with E-state index in [1.54, 1.807) is 0 Å². The van der Waals surface area contributed by atoms with Crippen molar-refractivity contribution in [2.45, 2.75) is 102 Å². The standard InChI is InChI=1S/C51H56I6N4O14S2/c1-50(24-12-6-10-18-42(66)74-60-38(62)20-21-39(60)63)36(58(26-14-28-76(68,69)70)34-30-32(52)46(54)48(56)44(34)50)16-8-4-3-5-9-17-37-51(2,25-13-7-11-19-43(67)75-61-40(64)22-23-41(61)65)45-35(31-33(53)47(55)49(45)57)59(37)27-15-29-77(71,72)73/h3-5,8-9,16-17,20-23,30-31H,6-7,10-15,18-19,24-29H2,1-2H3,(H5-,62,63,64,65,68,69,70,71,72,73)/p+1. The van der Waals surface area contributed by atoms with Crippen molar-refractivity contribution in [2.24, 2.45) is 0 Å². The molecule has 4 aromatic rings. The molecule has 2 atom stereocenters. The zero-order chi connectivity index (χ0) is 56.6. The fourth-order valence-electron chi connectivity index (χ4n) is 9.72. The number of hydrogen-bond acceptors (Lipinski definition) is 13. The number of fused-ring (bicyclic) bond motifs is 2. The quantitative estimate of drug-likeness (QED) is 0.00853. The Morgan fingerprint density at radius 3 is 1.60 bits per heavy atom. The minimum absolute atomic E-state index is 0.0541. The number of unbranched alkanes of at least 4 members (excludes halogenated alkanes) is 4. The smallest absolute Gasteiger partial charge is 0.333 e. The van der Waals surface area contributed by atoms with Crippen LogP contribution in [0, 0.1) is 21.4 Å². The minimum atomic E-state index is -4.23. The summed E-state index contributed by atoms with van der Waals surface area (Å²) < 4.78 is 76.9. The van der Waals surface area contributed by atoms with Gasteiger partial charge in [-0.1, -0.05) is 56.1 Å². The van der Waals surface area contributed by atoms with Crippen LogP contribution in [0.5, 0.6) is 23.5 Å². The molecule has 0 saturated carbocycles. The van der Waals surface area contributed by atoms with Gasteiger partial charge in [-0.25, -0.2) is 9.59 Å². The number of allylic oxidation sites excluding steroid dienone is 8. The molecule has 2 aromatic heterocycles. The van der Waals surface area contributed by atoms with Gasteiger partial charge in [0.25, 0.3) is 20.2 Å². The van der Waals surface area contributed by atoms with Gasteiger partial charge in [-0.05, 0) is 194 Å². The second-order valence-electron chi connectivity index (χ2n) is 18.8. The van der Waals surface area contributed by atoms with E-state index in [0.717, 1.165) is 55.3 Å². The number of carbonyl (C=O) groups excluding carboxylic acids is 2. The van der Waals surface area contributed by atoms with Gasteiger partial charge in [0.05, 0.1) is 22.5 Å². The maximum atomic E-state index is 12.6. The SMILES string of the molecule is CC1(CCCCCC(=O)On2c(O)ccc2O)C(/C=C/C=C/C=C/C=C2\N(CCCS(=O)(=O)O)c3cc(I)c(I)c(I)c3C2(C)CCCCCC(=O)On2c(O)ccc2O)=[N+](CCCS(=O)(=O)O)c2cc(I)c(I)c(I)c21.